The summed E-state index contributed by atoms with van der Waals surface area (Å²) in [4.78, 5) is 12.7. The maximum Gasteiger partial charge on any atom is 0.338 e. The van der Waals surface area contributed by atoms with E-state index in [9.17, 15) is 4.79 Å². The van der Waals surface area contributed by atoms with Crippen LogP contribution in [-0.2, 0) is 4.74 Å². The summed E-state index contributed by atoms with van der Waals surface area (Å²) < 4.78 is 6.06. The van der Waals surface area contributed by atoms with Gasteiger partial charge >= 0.3 is 5.97 Å². The number of carbonyl (C=O) groups excluding carboxylic acids is 1. The van der Waals surface area contributed by atoms with Gasteiger partial charge in [0.1, 0.15) is 6.10 Å². The van der Waals surface area contributed by atoms with E-state index in [0.717, 1.165) is 54.3 Å². The van der Waals surface area contributed by atoms with Crippen molar-refractivity contribution in [3.8, 4) is 0 Å². The molecule has 0 heterocycles. The molecular formula is C36H56O2. The molecule has 4 fully saturated rings. The number of esters is 1. The normalized spacial score (nSPS) is 40.1. The smallest absolute Gasteiger partial charge is 0.338 e. The lowest BCUT2D eigenvalue weighted by atomic mass is 9.44. The molecular weight excluding hydrogens is 464 g/mol. The SMILES string of the molecule is CC[C@H](CC[C@@H](C)[C@H]1CC[C@H]2[C@@H]3CC[C@H]4C[C@@H](OC(=O)c5ccccc5)CC[C@]4(C)[C@H]3CC[C@]12C)C(C)C. The van der Waals surface area contributed by atoms with Gasteiger partial charge in [-0.15, -0.1) is 0 Å². The molecule has 4 aliphatic carbocycles. The summed E-state index contributed by atoms with van der Waals surface area (Å²) in [5.41, 5.74) is 1.69. The van der Waals surface area contributed by atoms with Crippen molar-refractivity contribution < 1.29 is 9.53 Å². The van der Waals surface area contributed by atoms with Crippen molar-refractivity contribution in [1.29, 1.82) is 0 Å². The predicted molar refractivity (Wildman–Crippen MR) is 158 cm³/mol. The van der Waals surface area contributed by atoms with E-state index in [1.54, 1.807) is 0 Å². The molecule has 4 aliphatic rings. The second-order valence-corrected chi connectivity index (χ2v) is 15.0. The van der Waals surface area contributed by atoms with Crippen LogP contribution < -0.4 is 0 Å². The zero-order valence-corrected chi connectivity index (χ0v) is 25.4. The Balaban J connectivity index is 1.22. The lowest BCUT2D eigenvalue weighted by Crippen LogP contribution is -2.54. The lowest BCUT2D eigenvalue weighted by molar-refractivity contribution is -0.130. The van der Waals surface area contributed by atoms with E-state index in [4.69, 9.17) is 4.74 Å². The molecule has 0 spiro atoms. The van der Waals surface area contributed by atoms with Crippen LogP contribution in [0.25, 0.3) is 0 Å². The summed E-state index contributed by atoms with van der Waals surface area (Å²) >= 11 is 0. The first-order valence-corrected chi connectivity index (χ1v) is 16.4. The van der Waals surface area contributed by atoms with E-state index in [1.165, 1.54) is 64.2 Å². The first kappa shape index (κ1) is 28.2. The third-order valence-electron chi connectivity index (χ3n) is 13.1. The van der Waals surface area contributed by atoms with Gasteiger partial charge in [0.15, 0.2) is 0 Å². The van der Waals surface area contributed by atoms with Crippen LogP contribution in [0, 0.1) is 58.2 Å². The van der Waals surface area contributed by atoms with E-state index in [1.807, 2.05) is 30.3 Å². The fraction of sp³-hybridized carbons (Fsp3) is 0.806. The molecule has 0 amide bonds. The molecule has 10 atom stereocenters. The molecule has 0 aliphatic heterocycles. The Hall–Kier alpha value is -1.31. The maximum atomic E-state index is 12.7. The highest BCUT2D eigenvalue weighted by molar-refractivity contribution is 5.89. The predicted octanol–water partition coefficient (Wildman–Crippen LogP) is 9.97. The van der Waals surface area contributed by atoms with Gasteiger partial charge in [0.25, 0.3) is 0 Å². The second-order valence-electron chi connectivity index (χ2n) is 15.0. The average Bonchev–Trinajstić information content (AvgIpc) is 3.26. The number of carbonyl (C=O) groups is 1. The fourth-order valence-electron chi connectivity index (χ4n) is 10.8. The number of benzene rings is 1. The van der Waals surface area contributed by atoms with Gasteiger partial charge in [0.2, 0.25) is 0 Å². The highest BCUT2D eigenvalue weighted by atomic mass is 16.5. The Labute approximate surface area is 234 Å². The van der Waals surface area contributed by atoms with Gasteiger partial charge in [0, 0.05) is 0 Å². The molecule has 2 nitrogen and oxygen atoms in total. The molecule has 1 aromatic carbocycles. The van der Waals surface area contributed by atoms with E-state index < -0.39 is 0 Å². The first-order chi connectivity index (χ1) is 18.2. The van der Waals surface area contributed by atoms with Crippen molar-refractivity contribution in [1.82, 2.24) is 0 Å². The zero-order valence-electron chi connectivity index (χ0n) is 25.4. The van der Waals surface area contributed by atoms with E-state index in [-0.39, 0.29) is 12.1 Å². The van der Waals surface area contributed by atoms with E-state index >= 15 is 0 Å². The Morgan fingerprint density at radius 1 is 0.895 bits per heavy atom. The minimum absolute atomic E-state index is 0.0979. The summed E-state index contributed by atoms with van der Waals surface area (Å²) in [6, 6.07) is 9.56. The third kappa shape index (κ3) is 5.12. The number of ether oxygens (including phenoxy) is 1. The zero-order chi connectivity index (χ0) is 27.1. The van der Waals surface area contributed by atoms with Crippen LogP contribution in [0.3, 0.4) is 0 Å². The average molecular weight is 521 g/mol. The van der Waals surface area contributed by atoms with Crippen LogP contribution in [0.4, 0.5) is 0 Å². The van der Waals surface area contributed by atoms with Crippen molar-refractivity contribution >= 4 is 5.97 Å². The highest BCUT2D eigenvalue weighted by Crippen LogP contribution is 2.68. The van der Waals surface area contributed by atoms with Crippen LogP contribution in [0.15, 0.2) is 30.3 Å². The molecule has 5 rings (SSSR count). The quantitative estimate of drug-likeness (QED) is 0.319. The molecule has 0 bridgehead atoms. The lowest BCUT2D eigenvalue weighted by Gasteiger charge is -2.61. The molecule has 0 N–H and O–H groups in total. The number of fused-ring (bicyclic) bond motifs is 5. The van der Waals surface area contributed by atoms with E-state index in [2.05, 4.69) is 41.5 Å². The van der Waals surface area contributed by atoms with Crippen molar-refractivity contribution in [2.45, 2.75) is 125 Å². The number of hydrogen-bond acceptors (Lipinski definition) is 2. The third-order valence-corrected chi connectivity index (χ3v) is 13.1. The molecule has 0 aromatic heterocycles. The van der Waals surface area contributed by atoms with Gasteiger partial charge in [-0.1, -0.05) is 72.6 Å². The summed E-state index contributed by atoms with van der Waals surface area (Å²) in [5, 5.41) is 0. The molecule has 2 heteroatoms. The van der Waals surface area contributed by atoms with Gasteiger partial charge in [-0.05, 0) is 135 Å². The minimum Gasteiger partial charge on any atom is -0.459 e. The Morgan fingerprint density at radius 2 is 1.61 bits per heavy atom. The first-order valence-electron chi connectivity index (χ1n) is 16.4. The Kier molecular flexibility index (Phi) is 8.38. The molecule has 0 unspecified atom stereocenters. The van der Waals surface area contributed by atoms with Gasteiger partial charge in [0.05, 0.1) is 5.56 Å². The number of hydrogen-bond donors (Lipinski definition) is 0. The Bertz CT molecular complexity index is 938. The van der Waals surface area contributed by atoms with Crippen molar-refractivity contribution in [2.75, 3.05) is 0 Å². The van der Waals surface area contributed by atoms with E-state index in [0.29, 0.717) is 22.3 Å². The van der Waals surface area contributed by atoms with Gasteiger partial charge in [-0.25, -0.2) is 4.79 Å². The summed E-state index contributed by atoms with van der Waals surface area (Å²) in [6.07, 6.45) is 16.2. The van der Waals surface area contributed by atoms with Gasteiger partial charge in [-0.3, -0.25) is 0 Å². The molecule has 0 radical (unpaired) electrons. The summed E-state index contributed by atoms with van der Waals surface area (Å²) in [6.45, 7) is 15.2. The molecule has 212 valence electrons. The molecule has 0 saturated heterocycles. The Morgan fingerprint density at radius 3 is 2.32 bits per heavy atom. The van der Waals surface area contributed by atoms with Crippen molar-refractivity contribution in [2.24, 2.45) is 58.2 Å². The van der Waals surface area contributed by atoms with Gasteiger partial charge in [-0.2, -0.15) is 0 Å². The standard InChI is InChI=1S/C36H56O2/c1-7-26(24(2)3)14-13-25(4)31-17-18-32-30-16-15-28-23-29(38-34(37)27-11-9-8-10-12-27)19-21-35(28,5)33(30)20-22-36(31,32)6/h8-12,24-26,28-33H,7,13-23H2,1-6H3/t25-,26-,28+,29+,30+,31-,32+,33+,35+,36-/m1/s1. The van der Waals surface area contributed by atoms with Crippen molar-refractivity contribution in [3.05, 3.63) is 35.9 Å². The summed E-state index contributed by atoms with van der Waals surface area (Å²) in [7, 11) is 0. The van der Waals surface area contributed by atoms with Gasteiger partial charge < -0.3 is 4.74 Å². The molecule has 4 saturated carbocycles. The highest BCUT2D eigenvalue weighted by Gasteiger charge is 2.60. The van der Waals surface area contributed by atoms with Crippen LogP contribution in [0.1, 0.15) is 129 Å². The second kappa shape index (κ2) is 11.3. The van der Waals surface area contributed by atoms with Crippen LogP contribution in [-0.4, -0.2) is 12.1 Å². The number of rotatable bonds is 8. The van der Waals surface area contributed by atoms with Crippen LogP contribution >= 0.6 is 0 Å². The monoisotopic (exact) mass is 520 g/mol. The maximum absolute atomic E-state index is 12.7. The molecule has 38 heavy (non-hydrogen) atoms. The van der Waals surface area contributed by atoms with Crippen molar-refractivity contribution in [3.63, 3.8) is 0 Å². The summed E-state index contributed by atoms with van der Waals surface area (Å²) in [5.74, 6) is 6.84. The topological polar surface area (TPSA) is 26.3 Å². The molecule has 1 aromatic rings. The minimum atomic E-state index is -0.133. The fourth-order valence-corrected chi connectivity index (χ4v) is 10.8. The van der Waals surface area contributed by atoms with Crippen LogP contribution in [0.5, 0.6) is 0 Å². The largest absolute Gasteiger partial charge is 0.459 e. The van der Waals surface area contributed by atoms with Crippen LogP contribution in [0.2, 0.25) is 0 Å².